The van der Waals surface area contributed by atoms with E-state index >= 15 is 0 Å². The van der Waals surface area contributed by atoms with Gasteiger partial charge in [0.05, 0.1) is 6.54 Å². The second kappa shape index (κ2) is 4.74. The Labute approximate surface area is 101 Å². The topological polar surface area (TPSA) is 108 Å². The standard InChI is InChI=1S/C11H11N3O4/c1-6-13-9(4-10(15)14-6)12-5-7-2-3-8(18-7)11(16)17/h2-4H,5H2,1H3,(H,16,17)(H2,12,13,14,15). The number of furan rings is 1. The fraction of sp³-hybridized carbons (Fsp3) is 0.182. The minimum absolute atomic E-state index is 0.123. The third-order valence-corrected chi connectivity index (χ3v) is 2.18. The van der Waals surface area contributed by atoms with Crippen LogP contribution in [0, 0.1) is 6.92 Å². The van der Waals surface area contributed by atoms with Crippen LogP contribution in [-0.2, 0) is 6.54 Å². The third kappa shape index (κ3) is 2.76. The number of hydrogen-bond donors (Lipinski definition) is 3. The summed E-state index contributed by atoms with van der Waals surface area (Å²) < 4.78 is 5.05. The van der Waals surface area contributed by atoms with Crippen LogP contribution in [-0.4, -0.2) is 21.0 Å². The van der Waals surface area contributed by atoms with Gasteiger partial charge in [-0.15, -0.1) is 0 Å². The summed E-state index contributed by atoms with van der Waals surface area (Å²) in [6.07, 6.45) is 0. The van der Waals surface area contributed by atoms with Crippen LogP contribution in [0.25, 0.3) is 0 Å². The number of carboxylic acid groups (broad SMARTS) is 1. The molecule has 7 heteroatoms. The summed E-state index contributed by atoms with van der Waals surface area (Å²) in [5.41, 5.74) is -0.254. The molecule has 0 aromatic carbocycles. The number of rotatable bonds is 4. The average Bonchev–Trinajstić information content (AvgIpc) is 2.73. The van der Waals surface area contributed by atoms with Crippen molar-refractivity contribution in [2.24, 2.45) is 0 Å². The predicted molar refractivity (Wildman–Crippen MR) is 62.6 cm³/mol. The van der Waals surface area contributed by atoms with Gasteiger partial charge in [0, 0.05) is 6.07 Å². The lowest BCUT2D eigenvalue weighted by Crippen LogP contribution is -2.11. The van der Waals surface area contributed by atoms with E-state index in [1.165, 1.54) is 12.1 Å². The van der Waals surface area contributed by atoms with Crippen molar-refractivity contribution in [1.29, 1.82) is 0 Å². The molecule has 0 unspecified atom stereocenters. The number of nitrogens with one attached hydrogen (secondary N) is 2. The molecule has 0 aliphatic carbocycles. The maximum absolute atomic E-state index is 11.2. The molecule has 3 N–H and O–H groups in total. The van der Waals surface area contributed by atoms with Crippen LogP contribution in [0.5, 0.6) is 0 Å². The van der Waals surface area contributed by atoms with Crippen LogP contribution in [0.2, 0.25) is 0 Å². The number of nitrogens with zero attached hydrogens (tertiary/aromatic N) is 1. The lowest BCUT2D eigenvalue weighted by Gasteiger charge is -2.03. The Morgan fingerprint density at radius 2 is 2.33 bits per heavy atom. The third-order valence-electron chi connectivity index (χ3n) is 2.18. The van der Waals surface area contributed by atoms with Gasteiger partial charge in [-0.05, 0) is 19.1 Å². The van der Waals surface area contributed by atoms with Crippen molar-refractivity contribution in [2.45, 2.75) is 13.5 Å². The molecule has 94 valence electrons. The summed E-state index contributed by atoms with van der Waals surface area (Å²) in [5.74, 6) is 0.112. The lowest BCUT2D eigenvalue weighted by atomic mass is 10.4. The second-order valence-electron chi connectivity index (χ2n) is 3.64. The molecule has 0 fully saturated rings. The van der Waals surface area contributed by atoms with E-state index < -0.39 is 5.97 Å². The Hall–Kier alpha value is -2.57. The van der Waals surface area contributed by atoms with E-state index in [1.807, 2.05) is 0 Å². The van der Waals surface area contributed by atoms with Gasteiger partial charge in [0.25, 0.3) is 5.56 Å². The van der Waals surface area contributed by atoms with Gasteiger partial charge in [-0.25, -0.2) is 9.78 Å². The van der Waals surface area contributed by atoms with Crippen molar-refractivity contribution in [2.75, 3.05) is 5.32 Å². The number of hydrogen-bond acceptors (Lipinski definition) is 5. The van der Waals surface area contributed by atoms with E-state index in [2.05, 4.69) is 15.3 Å². The van der Waals surface area contributed by atoms with Crippen molar-refractivity contribution < 1.29 is 14.3 Å². The first-order valence-corrected chi connectivity index (χ1v) is 5.18. The molecule has 7 nitrogen and oxygen atoms in total. The van der Waals surface area contributed by atoms with Crippen LogP contribution in [0.1, 0.15) is 22.1 Å². The van der Waals surface area contributed by atoms with Crippen LogP contribution in [0.15, 0.2) is 27.4 Å². The molecule has 2 aromatic rings. The van der Waals surface area contributed by atoms with Gasteiger partial charge in [0.2, 0.25) is 5.76 Å². The molecule has 0 amide bonds. The van der Waals surface area contributed by atoms with Gasteiger partial charge in [-0.2, -0.15) is 0 Å². The second-order valence-corrected chi connectivity index (χ2v) is 3.64. The Morgan fingerprint density at radius 1 is 1.56 bits per heavy atom. The first kappa shape index (κ1) is 11.9. The van der Waals surface area contributed by atoms with E-state index in [0.29, 0.717) is 17.4 Å². The van der Waals surface area contributed by atoms with Crippen LogP contribution in [0.4, 0.5) is 5.82 Å². The number of aromatic nitrogens is 2. The Balaban J connectivity index is 2.06. The van der Waals surface area contributed by atoms with Gasteiger partial charge in [-0.1, -0.05) is 0 Å². The van der Waals surface area contributed by atoms with Crippen LogP contribution < -0.4 is 10.9 Å². The molecule has 0 spiro atoms. The van der Waals surface area contributed by atoms with E-state index in [-0.39, 0.29) is 17.9 Å². The molecule has 0 aliphatic rings. The van der Waals surface area contributed by atoms with E-state index in [9.17, 15) is 9.59 Å². The molecular weight excluding hydrogens is 238 g/mol. The average molecular weight is 249 g/mol. The molecule has 0 atom stereocenters. The highest BCUT2D eigenvalue weighted by molar-refractivity contribution is 5.84. The van der Waals surface area contributed by atoms with E-state index in [1.54, 1.807) is 13.0 Å². The molecule has 2 rings (SSSR count). The van der Waals surface area contributed by atoms with Gasteiger partial charge in [-0.3, -0.25) is 4.79 Å². The van der Waals surface area contributed by atoms with Gasteiger partial charge in [0.1, 0.15) is 17.4 Å². The smallest absolute Gasteiger partial charge is 0.371 e. The van der Waals surface area contributed by atoms with Crippen molar-refractivity contribution in [3.05, 3.63) is 45.9 Å². The summed E-state index contributed by atoms with van der Waals surface area (Å²) in [6.45, 7) is 1.92. The highest BCUT2D eigenvalue weighted by Gasteiger charge is 2.08. The van der Waals surface area contributed by atoms with Crippen molar-refractivity contribution in [3.63, 3.8) is 0 Å². The van der Waals surface area contributed by atoms with Crippen LogP contribution in [0.3, 0.4) is 0 Å². The lowest BCUT2D eigenvalue weighted by molar-refractivity contribution is 0.0660. The normalized spacial score (nSPS) is 10.3. The maximum atomic E-state index is 11.2. The summed E-state index contributed by atoms with van der Waals surface area (Å²) >= 11 is 0. The zero-order valence-corrected chi connectivity index (χ0v) is 9.56. The van der Waals surface area contributed by atoms with Crippen molar-refractivity contribution in [3.8, 4) is 0 Å². The highest BCUT2D eigenvalue weighted by atomic mass is 16.4. The monoisotopic (exact) mass is 249 g/mol. The summed E-state index contributed by atoms with van der Waals surface area (Å²) in [6, 6.07) is 4.24. The zero-order chi connectivity index (χ0) is 13.1. The SMILES string of the molecule is Cc1nc(NCc2ccc(C(=O)O)o2)cc(=O)[nH]1. The summed E-state index contributed by atoms with van der Waals surface area (Å²) in [5, 5.41) is 11.6. The number of aromatic amines is 1. The maximum Gasteiger partial charge on any atom is 0.371 e. The zero-order valence-electron chi connectivity index (χ0n) is 9.56. The molecule has 0 saturated carbocycles. The van der Waals surface area contributed by atoms with Gasteiger partial charge in [0.15, 0.2) is 0 Å². The number of carboxylic acids is 1. The Morgan fingerprint density at radius 3 is 2.94 bits per heavy atom. The number of aryl methyl sites for hydroxylation is 1. The fourth-order valence-electron chi connectivity index (χ4n) is 1.44. The van der Waals surface area contributed by atoms with Gasteiger partial charge >= 0.3 is 5.97 Å². The van der Waals surface area contributed by atoms with Crippen molar-refractivity contribution in [1.82, 2.24) is 9.97 Å². The van der Waals surface area contributed by atoms with Crippen LogP contribution >= 0.6 is 0 Å². The minimum atomic E-state index is -1.12. The minimum Gasteiger partial charge on any atom is -0.475 e. The molecule has 0 bridgehead atoms. The molecule has 0 saturated heterocycles. The first-order valence-electron chi connectivity index (χ1n) is 5.18. The van der Waals surface area contributed by atoms with E-state index in [0.717, 1.165) is 0 Å². The molecule has 2 aromatic heterocycles. The number of anilines is 1. The molecule has 18 heavy (non-hydrogen) atoms. The van der Waals surface area contributed by atoms with Crippen molar-refractivity contribution >= 4 is 11.8 Å². The Bertz CT molecular complexity index is 629. The molecule has 0 radical (unpaired) electrons. The Kier molecular flexibility index (Phi) is 3.13. The highest BCUT2D eigenvalue weighted by Crippen LogP contribution is 2.09. The molecule has 0 aliphatic heterocycles. The summed E-state index contributed by atoms with van der Waals surface area (Å²) in [7, 11) is 0. The van der Waals surface area contributed by atoms with E-state index in [4.69, 9.17) is 9.52 Å². The summed E-state index contributed by atoms with van der Waals surface area (Å²) in [4.78, 5) is 28.4. The predicted octanol–water partition coefficient (Wildman–Crippen LogP) is 0.982. The fourth-order valence-corrected chi connectivity index (χ4v) is 1.44. The quantitative estimate of drug-likeness (QED) is 0.745. The largest absolute Gasteiger partial charge is 0.475 e. The molecular formula is C11H11N3O4. The number of carbonyl (C=O) groups is 1. The number of H-pyrrole nitrogens is 1. The number of aromatic carboxylic acids is 1. The van der Waals surface area contributed by atoms with Gasteiger partial charge < -0.3 is 19.8 Å². The first-order chi connectivity index (χ1) is 8.54. The molecule has 2 heterocycles.